The van der Waals surface area contributed by atoms with Crippen molar-refractivity contribution in [3.63, 3.8) is 0 Å². The molecule has 0 aromatic heterocycles. The molecule has 1 heteroatoms. The van der Waals surface area contributed by atoms with E-state index in [1.165, 1.54) is 21.9 Å². The van der Waals surface area contributed by atoms with E-state index in [-0.39, 0.29) is 5.78 Å². The van der Waals surface area contributed by atoms with Crippen LogP contribution in [0.1, 0.15) is 27.9 Å². The number of rotatable bonds is 4. The van der Waals surface area contributed by atoms with Gasteiger partial charge in [0.1, 0.15) is 0 Å². The van der Waals surface area contributed by atoms with Gasteiger partial charge in [-0.2, -0.15) is 0 Å². The van der Waals surface area contributed by atoms with Crippen molar-refractivity contribution in [2.24, 2.45) is 0 Å². The highest BCUT2D eigenvalue weighted by Gasteiger charge is 2.07. The Bertz CT molecular complexity index is 764. The molecule has 0 bridgehead atoms. The number of carbonyl (C=O) groups is 1. The van der Waals surface area contributed by atoms with Crippen molar-refractivity contribution in [1.82, 2.24) is 0 Å². The molecule has 0 atom stereocenters. The van der Waals surface area contributed by atoms with Crippen molar-refractivity contribution >= 4 is 16.6 Å². The second-order valence-corrected chi connectivity index (χ2v) is 5.43. The van der Waals surface area contributed by atoms with E-state index >= 15 is 0 Å². The van der Waals surface area contributed by atoms with Gasteiger partial charge in [0.15, 0.2) is 5.78 Å². The summed E-state index contributed by atoms with van der Waals surface area (Å²) in [5.41, 5.74) is 3.23. The fourth-order valence-electron chi connectivity index (χ4n) is 2.64. The maximum Gasteiger partial charge on any atom is 0.163 e. The van der Waals surface area contributed by atoms with Gasteiger partial charge in [0.25, 0.3) is 0 Å². The predicted octanol–water partition coefficient (Wildman–Crippen LogP) is 4.96. The van der Waals surface area contributed by atoms with Crippen LogP contribution in [0.2, 0.25) is 0 Å². The van der Waals surface area contributed by atoms with E-state index in [1.54, 1.807) is 0 Å². The zero-order valence-electron chi connectivity index (χ0n) is 12.2. The van der Waals surface area contributed by atoms with Gasteiger partial charge in [-0.3, -0.25) is 4.79 Å². The fourth-order valence-corrected chi connectivity index (χ4v) is 2.64. The Kier molecular flexibility index (Phi) is 3.83. The Labute approximate surface area is 125 Å². The SMILES string of the molecule is Cc1ccc(C(=O)CCc2cccc3ccccc23)cc1. The van der Waals surface area contributed by atoms with E-state index < -0.39 is 0 Å². The van der Waals surface area contributed by atoms with Gasteiger partial charge in [0.05, 0.1) is 0 Å². The quantitative estimate of drug-likeness (QED) is 0.614. The maximum atomic E-state index is 12.3. The first kappa shape index (κ1) is 13.6. The maximum absolute atomic E-state index is 12.3. The molecule has 0 saturated heterocycles. The summed E-state index contributed by atoms with van der Waals surface area (Å²) >= 11 is 0. The van der Waals surface area contributed by atoms with Crippen LogP contribution in [0.15, 0.2) is 66.7 Å². The predicted molar refractivity (Wildman–Crippen MR) is 87.8 cm³/mol. The summed E-state index contributed by atoms with van der Waals surface area (Å²) in [6, 6.07) is 22.4. The number of ketones is 1. The molecule has 0 radical (unpaired) electrons. The summed E-state index contributed by atoms with van der Waals surface area (Å²) in [4.78, 5) is 12.3. The van der Waals surface area contributed by atoms with E-state index in [2.05, 4.69) is 30.3 Å². The van der Waals surface area contributed by atoms with E-state index in [9.17, 15) is 4.79 Å². The zero-order chi connectivity index (χ0) is 14.7. The van der Waals surface area contributed by atoms with Crippen LogP contribution in [-0.4, -0.2) is 5.78 Å². The smallest absolute Gasteiger partial charge is 0.163 e. The van der Waals surface area contributed by atoms with Crippen molar-refractivity contribution in [3.05, 3.63) is 83.4 Å². The first-order valence-electron chi connectivity index (χ1n) is 7.30. The lowest BCUT2D eigenvalue weighted by Gasteiger charge is -2.06. The fraction of sp³-hybridized carbons (Fsp3) is 0.150. The molecule has 104 valence electrons. The minimum absolute atomic E-state index is 0.211. The third kappa shape index (κ3) is 3.03. The summed E-state index contributed by atoms with van der Waals surface area (Å²) in [6.45, 7) is 2.03. The number of carbonyl (C=O) groups excluding carboxylic acids is 1. The molecular weight excluding hydrogens is 256 g/mol. The lowest BCUT2D eigenvalue weighted by atomic mass is 9.98. The highest BCUT2D eigenvalue weighted by atomic mass is 16.1. The van der Waals surface area contributed by atoms with Crippen LogP contribution in [0.4, 0.5) is 0 Å². The van der Waals surface area contributed by atoms with Crippen LogP contribution in [-0.2, 0) is 6.42 Å². The van der Waals surface area contributed by atoms with Crippen molar-refractivity contribution in [2.45, 2.75) is 19.8 Å². The summed E-state index contributed by atoms with van der Waals surface area (Å²) in [5.74, 6) is 0.211. The molecule has 0 N–H and O–H groups in total. The van der Waals surface area contributed by atoms with E-state index in [0.29, 0.717) is 6.42 Å². The molecule has 3 aromatic rings. The van der Waals surface area contributed by atoms with Gasteiger partial charge < -0.3 is 0 Å². The summed E-state index contributed by atoms with van der Waals surface area (Å²) in [7, 11) is 0. The molecule has 0 saturated carbocycles. The highest BCUT2D eigenvalue weighted by Crippen LogP contribution is 2.20. The van der Waals surface area contributed by atoms with Crippen LogP contribution >= 0.6 is 0 Å². The molecule has 0 spiro atoms. The Balaban J connectivity index is 1.77. The summed E-state index contributed by atoms with van der Waals surface area (Å²) < 4.78 is 0. The minimum Gasteiger partial charge on any atom is -0.294 e. The monoisotopic (exact) mass is 274 g/mol. The molecule has 3 rings (SSSR count). The lowest BCUT2D eigenvalue weighted by Crippen LogP contribution is -2.01. The Hall–Kier alpha value is -2.41. The highest BCUT2D eigenvalue weighted by molar-refractivity contribution is 5.96. The normalized spacial score (nSPS) is 10.7. The molecule has 0 unspecified atom stereocenters. The van der Waals surface area contributed by atoms with Crippen LogP contribution in [0, 0.1) is 6.92 Å². The number of Topliss-reactive ketones (excluding diaryl/α,β-unsaturated/α-hetero) is 1. The molecule has 3 aromatic carbocycles. The van der Waals surface area contributed by atoms with E-state index in [0.717, 1.165) is 12.0 Å². The van der Waals surface area contributed by atoms with Gasteiger partial charge in [0, 0.05) is 12.0 Å². The van der Waals surface area contributed by atoms with Gasteiger partial charge in [-0.05, 0) is 29.7 Å². The average molecular weight is 274 g/mol. The van der Waals surface area contributed by atoms with E-state index in [1.807, 2.05) is 43.3 Å². The number of fused-ring (bicyclic) bond motifs is 1. The summed E-state index contributed by atoms with van der Waals surface area (Å²) in [6.07, 6.45) is 1.34. The molecule has 21 heavy (non-hydrogen) atoms. The second-order valence-electron chi connectivity index (χ2n) is 5.43. The van der Waals surface area contributed by atoms with Crippen molar-refractivity contribution in [3.8, 4) is 0 Å². The molecule has 0 heterocycles. The number of aryl methyl sites for hydroxylation is 2. The van der Waals surface area contributed by atoms with Gasteiger partial charge in [-0.1, -0.05) is 72.3 Å². The molecule has 0 amide bonds. The number of hydrogen-bond acceptors (Lipinski definition) is 1. The standard InChI is InChI=1S/C20H18O/c1-15-9-11-18(12-10-15)20(21)14-13-17-7-4-6-16-5-2-3-8-19(16)17/h2-12H,13-14H2,1H3. The van der Waals surface area contributed by atoms with E-state index in [4.69, 9.17) is 0 Å². The van der Waals surface area contributed by atoms with Crippen LogP contribution in [0.3, 0.4) is 0 Å². The largest absolute Gasteiger partial charge is 0.294 e. The van der Waals surface area contributed by atoms with Gasteiger partial charge >= 0.3 is 0 Å². The van der Waals surface area contributed by atoms with Gasteiger partial charge in [0.2, 0.25) is 0 Å². The van der Waals surface area contributed by atoms with Crippen LogP contribution in [0.25, 0.3) is 10.8 Å². The number of benzene rings is 3. The van der Waals surface area contributed by atoms with Crippen LogP contribution in [0.5, 0.6) is 0 Å². The van der Waals surface area contributed by atoms with Gasteiger partial charge in [-0.25, -0.2) is 0 Å². The molecule has 1 nitrogen and oxygen atoms in total. The topological polar surface area (TPSA) is 17.1 Å². The third-order valence-electron chi connectivity index (χ3n) is 3.87. The molecule has 0 aliphatic heterocycles. The second kappa shape index (κ2) is 5.92. The minimum atomic E-state index is 0.211. The zero-order valence-corrected chi connectivity index (χ0v) is 12.2. The van der Waals surface area contributed by atoms with Gasteiger partial charge in [-0.15, -0.1) is 0 Å². The Morgan fingerprint density at radius 3 is 2.38 bits per heavy atom. The Morgan fingerprint density at radius 2 is 1.57 bits per heavy atom. The number of hydrogen-bond donors (Lipinski definition) is 0. The van der Waals surface area contributed by atoms with Crippen molar-refractivity contribution in [2.75, 3.05) is 0 Å². The molecular formula is C20H18O. The lowest BCUT2D eigenvalue weighted by molar-refractivity contribution is 0.0983. The third-order valence-corrected chi connectivity index (χ3v) is 3.87. The Morgan fingerprint density at radius 1 is 0.857 bits per heavy atom. The van der Waals surface area contributed by atoms with Crippen molar-refractivity contribution < 1.29 is 4.79 Å². The first-order valence-corrected chi connectivity index (χ1v) is 7.30. The summed E-state index contributed by atoms with van der Waals surface area (Å²) in [5, 5.41) is 2.48. The van der Waals surface area contributed by atoms with Crippen molar-refractivity contribution in [1.29, 1.82) is 0 Å². The van der Waals surface area contributed by atoms with Crippen LogP contribution < -0.4 is 0 Å². The first-order chi connectivity index (χ1) is 10.2. The molecule has 0 aliphatic carbocycles. The molecule has 0 aliphatic rings. The molecule has 0 fully saturated rings. The average Bonchev–Trinajstić information content (AvgIpc) is 2.53.